The third kappa shape index (κ3) is 5.09. The number of aliphatic carboxylic acids is 1. The summed E-state index contributed by atoms with van der Waals surface area (Å²) in [5, 5.41) is 12.1. The Balaban J connectivity index is 1.80. The lowest BCUT2D eigenvalue weighted by Crippen LogP contribution is -2.26. The van der Waals surface area contributed by atoms with Crippen molar-refractivity contribution in [2.45, 2.75) is 6.42 Å². The lowest BCUT2D eigenvalue weighted by molar-refractivity contribution is -0.132. The summed E-state index contributed by atoms with van der Waals surface area (Å²) in [5.41, 5.74) is 2.28. The number of carbonyl (C=O) groups is 2. The number of allylic oxidation sites excluding steroid dienone is 4. The fourth-order valence-corrected chi connectivity index (χ4v) is 2.98. The molecule has 0 aromatic heterocycles. The highest BCUT2D eigenvalue weighted by atomic mass is 79.9. The number of hydrogen-bond donors (Lipinski definition) is 2. The Morgan fingerprint density at radius 1 is 0.964 bits per heavy atom. The molecule has 0 spiro atoms. The quantitative estimate of drug-likeness (QED) is 0.705. The molecule has 0 unspecified atom stereocenters. The molecule has 4 nitrogen and oxygen atoms in total. The van der Waals surface area contributed by atoms with Gasteiger partial charge in [-0.3, -0.25) is 4.79 Å². The minimum Gasteiger partial charge on any atom is -0.478 e. The molecule has 1 aliphatic carbocycles. The number of hydrogen-bond acceptors (Lipinski definition) is 2. The summed E-state index contributed by atoms with van der Waals surface area (Å²) < 4.78 is 0.656. The number of nitrogens with one attached hydrogen (secondary N) is 1. The Morgan fingerprint density at radius 3 is 2.43 bits per heavy atom. The Bertz CT molecular complexity index is 1070. The Morgan fingerprint density at radius 2 is 1.68 bits per heavy atom. The predicted molar refractivity (Wildman–Crippen MR) is 112 cm³/mol. The van der Waals surface area contributed by atoms with Crippen LogP contribution in [0.25, 0.3) is 0 Å². The molecule has 0 fully saturated rings. The van der Waals surface area contributed by atoms with E-state index in [0.717, 1.165) is 5.56 Å². The molecule has 0 aliphatic heterocycles. The van der Waals surface area contributed by atoms with Gasteiger partial charge in [0, 0.05) is 21.2 Å². The van der Waals surface area contributed by atoms with E-state index in [0.29, 0.717) is 22.0 Å². The van der Waals surface area contributed by atoms with Crippen molar-refractivity contribution in [2.75, 3.05) is 0 Å². The topological polar surface area (TPSA) is 66.4 Å². The molecule has 2 N–H and O–H groups in total. The van der Waals surface area contributed by atoms with Gasteiger partial charge in [-0.2, -0.15) is 0 Å². The second-order valence-electron chi connectivity index (χ2n) is 5.96. The lowest BCUT2D eigenvalue weighted by atomic mass is 10.1. The summed E-state index contributed by atoms with van der Waals surface area (Å²) in [6.45, 7) is 0. The summed E-state index contributed by atoms with van der Waals surface area (Å²) in [7, 11) is 0. The van der Waals surface area contributed by atoms with Gasteiger partial charge in [0.1, 0.15) is 0 Å². The molecule has 0 saturated carbocycles. The normalized spacial score (nSPS) is 13.1. The van der Waals surface area contributed by atoms with E-state index in [2.05, 4.69) is 33.1 Å². The highest BCUT2D eigenvalue weighted by molar-refractivity contribution is 9.11. The van der Waals surface area contributed by atoms with E-state index in [1.165, 1.54) is 6.08 Å². The molecule has 0 bridgehead atoms. The molecule has 138 valence electrons. The smallest absolute Gasteiger partial charge is 0.337 e. The highest BCUT2D eigenvalue weighted by Crippen LogP contribution is 2.21. The van der Waals surface area contributed by atoms with Gasteiger partial charge < -0.3 is 10.4 Å². The first kappa shape index (κ1) is 19.4. The second-order valence-corrected chi connectivity index (χ2v) is 6.87. The van der Waals surface area contributed by atoms with Crippen LogP contribution in [0.5, 0.6) is 0 Å². The van der Waals surface area contributed by atoms with Crippen LogP contribution in [0.15, 0.2) is 88.6 Å². The lowest BCUT2D eigenvalue weighted by Gasteiger charge is -2.10. The third-order valence-corrected chi connectivity index (χ3v) is 4.49. The molecule has 28 heavy (non-hydrogen) atoms. The number of halogens is 1. The van der Waals surface area contributed by atoms with Crippen molar-refractivity contribution in [1.82, 2.24) is 5.32 Å². The molecule has 0 atom stereocenters. The predicted octanol–water partition coefficient (Wildman–Crippen LogP) is 4.39. The van der Waals surface area contributed by atoms with Crippen molar-refractivity contribution in [3.05, 3.63) is 105 Å². The fraction of sp³-hybridized carbons (Fsp3) is 0.0435. The van der Waals surface area contributed by atoms with E-state index in [1.54, 1.807) is 24.3 Å². The number of carboxylic acid groups (broad SMARTS) is 1. The molecular formula is C23H16BrNO3. The van der Waals surface area contributed by atoms with Gasteiger partial charge >= 0.3 is 5.97 Å². The molecule has 5 heteroatoms. The number of carboxylic acids is 1. The summed E-state index contributed by atoms with van der Waals surface area (Å²) >= 11 is 3.29. The van der Waals surface area contributed by atoms with Crippen molar-refractivity contribution in [3.8, 4) is 11.8 Å². The van der Waals surface area contributed by atoms with E-state index < -0.39 is 5.97 Å². The van der Waals surface area contributed by atoms with Crippen LogP contribution in [0, 0.1) is 11.8 Å². The third-order valence-electron chi connectivity index (χ3n) is 3.94. The van der Waals surface area contributed by atoms with Crippen LogP contribution in [-0.2, 0) is 4.79 Å². The first-order chi connectivity index (χ1) is 13.5. The molecular weight excluding hydrogens is 418 g/mol. The Hall–Kier alpha value is -3.36. The van der Waals surface area contributed by atoms with E-state index in [-0.39, 0.29) is 17.2 Å². The van der Waals surface area contributed by atoms with Gasteiger partial charge in [0.15, 0.2) is 0 Å². The molecule has 0 radical (unpaired) electrons. The summed E-state index contributed by atoms with van der Waals surface area (Å²) in [6.07, 6.45) is 5.47. The molecule has 0 heterocycles. The Labute approximate surface area is 171 Å². The van der Waals surface area contributed by atoms with Crippen LogP contribution >= 0.6 is 15.9 Å². The van der Waals surface area contributed by atoms with Crippen LogP contribution < -0.4 is 5.32 Å². The van der Waals surface area contributed by atoms with Gasteiger partial charge in [0.2, 0.25) is 0 Å². The van der Waals surface area contributed by atoms with Crippen molar-refractivity contribution in [2.24, 2.45) is 0 Å². The molecule has 1 amide bonds. The second kappa shape index (κ2) is 9.03. The van der Waals surface area contributed by atoms with E-state index in [4.69, 9.17) is 0 Å². The van der Waals surface area contributed by atoms with Gasteiger partial charge in [-0.05, 0) is 42.8 Å². The van der Waals surface area contributed by atoms with Gasteiger partial charge in [0.25, 0.3) is 5.91 Å². The first-order valence-corrected chi connectivity index (χ1v) is 9.32. The van der Waals surface area contributed by atoms with Crippen LogP contribution in [0.3, 0.4) is 0 Å². The fourth-order valence-electron chi connectivity index (χ4n) is 2.57. The highest BCUT2D eigenvalue weighted by Gasteiger charge is 2.18. The van der Waals surface area contributed by atoms with Gasteiger partial charge in [0.05, 0.1) is 11.3 Å². The van der Waals surface area contributed by atoms with Gasteiger partial charge in [-0.25, -0.2) is 4.79 Å². The average molecular weight is 434 g/mol. The van der Waals surface area contributed by atoms with Crippen LogP contribution in [-0.4, -0.2) is 17.0 Å². The SMILES string of the molecule is O=C(O)C1=CC(Br)=CCC=C1NC(=O)c1cccc(C#Cc2ccccc2)c1. The van der Waals surface area contributed by atoms with Crippen molar-refractivity contribution < 1.29 is 14.7 Å². The van der Waals surface area contributed by atoms with Gasteiger partial charge in [-0.1, -0.05) is 64.2 Å². The number of amides is 1. The van der Waals surface area contributed by atoms with Crippen LogP contribution in [0.4, 0.5) is 0 Å². The van der Waals surface area contributed by atoms with Crippen molar-refractivity contribution in [1.29, 1.82) is 0 Å². The maximum absolute atomic E-state index is 12.7. The minimum absolute atomic E-state index is 0.0222. The van der Waals surface area contributed by atoms with E-state index >= 15 is 0 Å². The number of carbonyl (C=O) groups excluding carboxylic acids is 1. The summed E-state index contributed by atoms with van der Waals surface area (Å²) in [6, 6.07) is 16.5. The monoisotopic (exact) mass is 433 g/mol. The van der Waals surface area contributed by atoms with Gasteiger partial charge in [-0.15, -0.1) is 0 Å². The molecule has 1 aliphatic rings. The maximum Gasteiger partial charge on any atom is 0.337 e. The van der Waals surface area contributed by atoms with E-state index in [1.807, 2.05) is 42.5 Å². The largest absolute Gasteiger partial charge is 0.478 e. The minimum atomic E-state index is -1.11. The maximum atomic E-state index is 12.7. The zero-order valence-corrected chi connectivity index (χ0v) is 16.4. The van der Waals surface area contributed by atoms with Crippen molar-refractivity contribution >= 4 is 27.8 Å². The van der Waals surface area contributed by atoms with E-state index in [9.17, 15) is 14.7 Å². The first-order valence-electron chi connectivity index (χ1n) is 8.52. The molecule has 0 saturated heterocycles. The zero-order chi connectivity index (χ0) is 19.9. The van der Waals surface area contributed by atoms with Crippen LogP contribution in [0.1, 0.15) is 27.9 Å². The Kier molecular flexibility index (Phi) is 6.25. The molecule has 2 aromatic carbocycles. The standard InChI is InChI=1S/C23H16BrNO3/c24-19-10-5-11-21(20(15-19)23(27)28)25-22(26)18-9-4-8-17(14-18)13-12-16-6-2-1-3-7-16/h1-4,6-11,14-15H,5H2,(H,25,26)(H,27,28). The van der Waals surface area contributed by atoms with Crippen molar-refractivity contribution in [3.63, 3.8) is 0 Å². The molecule has 2 aromatic rings. The molecule has 3 rings (SSSR count). The average Bonchev–Trinajstić information content (AvgIpc) is 2.89. The summed E-state index contributed by atoms with van der Waals surface area (Å²) in [4.78, 5) is 24.2. The number of rotatable bonds is 3. The van der Waals surface area contributed by atoms with Crippen LogP contribution in [0.2, 0.25) is 0 Å². The number of benzene rings is 2. The zero-order valence-electron chi connectivity index (χ0n) is 14.8. The summed E-state index contributed by atoms with van der Waals surface area (Å²) in [5.74, 6) is 4.59.